The van der Waals surface area contributed by atoms with E-state index in [9.17, 15) is 5.11 Å². The Balaban J connectivity index is 2.47. The Hall–Kier alpha value is -0.0600. The number of hydrogen-bond donors (Lipinski definition) is 1. The first-order valence-corrected chi connectivity index (χ1v) is 7.41. The molecular formula is C13H8Br2Cl2O. The standard InChI is InChI=1S/C13H8Br2Cl2O/c14-7-1-3-9(11(15)5-7)13(18)10-6-8(16)2-4-12(10)17/h1-6,13,18H. The highest BCUT2D eigenvalue weighted by Crippen LogP contribution is 2.34. The highest BCUT2D eigenvalue weighted by Gasteiger charge is 2.17. The molecule has 18 heavy (non-hydrogen) atoms. The zero-order valence-electron chi connectivity index (χ0n) is 9.00. The Labute approximate surface area is 132 Å². The van der Waals surface area contributed by atoms with E-state index in [1.54, 1.807) is 18.2 Å². The number of halogens is 4. The van der Waals surface area contributed by atoms with Crippen molar-refractivity contribution in [1.82, 2.24) is 0 Å². The fourth-order valence-electron chi connectivity index (χ4n) is 1.61. The van der Waals surface area contributed by atoms with E-state index in [2.05, 4.69) is 31.9 Å². The summed E-state index contributed by atoms with van der Waals surface area (Å²) in [6, 6.07) is 10.6. The zero-order valence-corrected chi connectivity index (χ0v) is 13.7. The molecule has 1 nitrogen and oxygen atoms in total. The van der Waals surface area contributed by atoms with Gasteiger partial charge in [0.05, 0.1) is 0 Å². The molecule has 0 saturated heterocycles. The van der Waals surface area contributed by atoms with Crippen LogP contribution in [0.4, 0.5) is 0 Å². The van der Waals surface area contributed by atoms with Gasteiger partial charge in [-0.1, -0.05) is 61.1 Å². The van der Waals surface area contributed by atoms with Gasteiger partial charge in [-0.25, -0.2) is 0 Å². The molecule has 0 bridgehead atoms. The first kappa shape index (κ1) is 14.4. The van der Waals surface area contributed by atoms with Gasteiger partial charge in [-0.3, -0.25) is 0 Å². The summed E-state index contributed by atoms with van der Waals surface area (Å²) in [4.78, 5) is 0. The molecule has 0 spiro atoms. The number of rotatable bonds is 2. The maximum Gasteiger partial charge on any atom is 0.107 e. The molecule has 0 saturated carbocycles. The molecule has 0 aromatic heterocycles. The van der Waals surface area contributed by atoms with Gasteiger partial charge >= 0.3 is 0 Å². The van der Waals surface area contributed by atoms with Crippen LogP contribution in [0.2, 0.25) is 10.0 Å². The lowest BCUT2D eigenvalue weighted by Gasteiger charge is -2.15. The second-order valence-electron chi connectivity index (χ2n) is 3.73. The molecule has 94 valence electrons. The maximum absolute atomic E-state index is 10.4. The average Bonchev–Trinajstić information content (AvgIpc) is 2.31. The third-order valence-electron chi connectivity index (χ3n) is 2.51. The Morgan fingerprint density at radius 2 is 1.67 bits per heavy atom. The molecular weight excluding hydrogens is 403 g/mol. The van der Waals surface area contributed by atoms with Gasteiger partial charge in [-0.15, -0.1) is 0 Å². The van der Waals surface area contributed by atoms with Crippen molar-refractivity contribution in [2.45, 2.75) is 6.10 Å². The van der Waals surface area contributed by atoms with E-state index in [1.807, 2.05) is 18.2 Å². The van der Waals surface area contributed by atoms with Crippen LogP contribution in [0.1, 0.15) is 17.2 Å². The van der Waals surface area contributed by atoms with Crippen LogP contribution in [-0.2, 0) is 0 Å². The monoisotopic (exact) mass is 408 g/mol. The summed E-state index contributed by atoms with van der Waals surface area (Å²) in [5.41, 5.74) is 1.33. The molecule has 0 heterocycles. The fraction of sp³-hybridized carbons (Fsp3) is 0.0769. The van der Waals surface area contributed by atoms with Gasteiger partial charge in [-0.05, 0) is 35.9 Å². The molecule has 0 aliphatic heterocycles. The molecule has 2 rings (SSSR count). The molecule has 5 heteroatoms. The van der Waals surface area contributed by atoms with E-state index in [0.717, 1.165) is 14.5 Å². The molecule has 0 aliphatic carbocycles. The van der Waals surface area contributed by atoms with Crippen LogP contribution in [0.15, 0.2) is 45.3 Å². The lowest BCUT2D eigenvalue weighted by molar-refractivity contribution is 0.219. The van der Waals surface area contributed by atoms with Crippen molar-refractivity contribution < 1.29 is 5.11 Å². The van der Waals surface area contributed by atoms with E-state index < -0.39 is 6.10 Å². The van der Waals surface area contributed by atoms with Crippen LogP contribution >= 0.6 is 55.1 Å². The quantitative estimate of drug-likeness (QED) is 0.683. The van der Waals surface area contributed by atoms with E-state index >= 15 is 0 Å². The Bertz CT molecular complexity index is 587. The maximum atomic E-state index is 10.4. The van der Waals surface area contributed by atoms with Crippen LogP contribution in [0.5, 0.6) is 0 Å². The summed E-state index contributed by atoms with van der Waals surface area (Å²) in [5.74, 6) is 0. The van der Waals surface area contributed by atoms with Crippen molar-refractivity contribution in [1.29, 1.82) is 0 Å². The largest absolute Gasteiger partial charge is 0.384 e. The van der Waals surface area contributed by atoms with Crippen molar-refractivity contribution in [2.75, 3.05) is 0 Å². The third kappa shape index (κ3) is 3.09. The van der Waals surface area contributed by atoms with E-state index in [-0.39, 0.29) is 0 Å². The van der Waals surface area contributed by atoms with Crippen LogP contribution in [-0.4, -0.2) is 5.11 Å². The number of hydrogen-bond acceptors (Lipinski definition) is 1. The zero-order chi connectivity index (χ0) is 13.3. The lowest BCUT2D eigenvalue weighted by atomic mass is 10.0. The predicted octanol–water partition coefficient (Wildman–Crippen LogP) is 5.60. The summed E-state index contributed by atoms with van der Waals surface area (Å²) in [6.45, 7) is 0. The van der Waals surface area contributed by atoms with Gasteiger partial charge in [0, 0.05) is 24.6 Å². The van der Waals surface area contributed by atoms with Gasteiger partial charge < -0.3 is 5.11 Å². The summed E-state index contributed by atoms with van der Waals surface area (Å²) in [5, 5.41) is 11.4. The third-order valence-corrected chi connectivity index (χ3v) is 4.27. The van der Waals surface area contributed by atoms with Crippen molar-refractivity contribution in [3.8, 4) is 0 Å². The van der Waals surface area contributed by atoms with Crippen LogP contribution in [0, 0.1) is 0 Å². The normalized spacial score (nSPS) is 12.5. The molecule has 0 amide bonds. The SMILES string of the molecule is OC(c1cc(Cl)ccc1Cl)c1ccc(Br)cc1Br. The minimum absolute atomic E-state index is 0.488. The summed E-state index contributed by atoms with van der Waals surface area (Å²) in [6.07, 6.45) is -0.821. The number of aliphatic hydroxyl groups is 1. The molecule has 1 N–H and O–H groups in total. The summed E-state index contributed by atoms with van der Waals surface area (Å²) in [7, 11) is 0. The fourth-order valence-corrected chi connectivity index (χ4v) is 3.28. The number of benzene rings is 2. The average molecular weight is 411 g/mol. The number of aliphatic hydroxyl groups excluding tert-OH is 1. The van der Waals surface area contributed by atoms with E-state index in [0.29, 0.717) is 15.6 Å². The highest BCUT2D eigenvalue weighted by atomic mass is 79.9. The molecule has 2 aromatic rings. The van der Waals surface area contributed by atoms with E-state index in [1.165, 1.54) is 0 Å². The Morgan fingerprint density at radius 1 is 0.944 bits per heavy atom. The van der Waals surface area contributed by atoms with Crippen LogP contribution in [0.25, 0.3) is 0 Å². The minimum Gasteiger partial charge on any atom is -0.384 e. The van der Waals surface area contributed by atoms with Crippen molar-refractivity contribution in [2.24, 2.45) is 0 Å². The smallest absolute Gasteiger partial charge is 0.107 e. The van der Waals surface area contributed by atoms with Crippen molar-refractivity contribution in [3.63, 3.8) is 0 Å². The first-order valence-electron chi connectivity index (χ1n) is 5.07. The minimum atomic E-state index is -0.821. The molecule has 1 atom stereocenters. The molecule has 2 aromatic carbocycles. The second kappa shape index (κ2) is 5.93. The van der Waals surface area contributed by atoms with Gasteiger partial charge in [0.25, 0.3) is 0 Å². The Kier molecular flexibility index (Phi) is 4.73. The molecule has 0 fully saturated rings. The van der Waals surface area contributed by atoms with Crippen LogP contribution < -0.4 is 0 Å². The predicted molar refractivity (Wildman–Crippen MR) is 82.4 cm³/mol. The van der Waals surface area contributed by atoms with Crippen molar-refractivity contribution in [3.05, 3.63) is 66.5 Å². The first-order chi connectivity index (χ1) is 8.49. The van der Waals surface area contributed by atoms with Gasteiger partial charge in [0.15, 0.2) is 0 Å². The molecule has 1 unspecified atom stereocenters. The van der Waals surface area contributed by atoms with Crippen LogP contribution in [0.3, 0.4) is 0 Å². The lowest BCUT2D eigenvalue weighted by Crippen LogP contribution is -2.01. The van der Waals surface area contributed by atoms with Crippen molar-refractivity contribution >= 4 is 55.1 Å². The summed E-state index contributed by atoms with van der Waals surface area (Å²) >= 11 is 18.8. The molecule has 0 radical (unpaired) electrons. The van der Waals surface area contributed by atoms with Gasteiger partial charge in [0.1, 0.15) is 6.10 Å². The van der Waals surface area contributed by atoms with E-state index in [4.69, 9.17) is 23.2 Å². The second-order valence-corrected chi connectivity index (χ2v) is 6.35. The van der Waals surface area contributed by atoms with Gasteiger partial charge in [0.2, 0.25) is 0 Å². The molecule has 0 aliphatic rings. The summed E-state index contributed by atoms with van der Waals surface area (Å²) < 4.78 is 1.74. The topological polar surface area (TPSA) is 20.2 Å². The van der Waals surface area contributed by atoms with Gasteiger partial charge in [-0.2, -0.15) is 0 Å². The highest BCUT2D eigenvalue weighted by molar-refractivity contribution is 9.11. The Morgan fingerprint density at radius 3 is 2.33 bits per heavy atom.